The fourth-order valence-electron chi connectivity index (χ4n) is 0.508. The van der Waals surface area contributed by atoms with Gasteiger partial charge in [-0.15, -0.1) is 23.1 Å². The van der Waals surface area contributed by atoms with Crippen LogP contribution in [-0.2, 0) is 4.79 Å². The summed E-state index contributed by atoms with van der Waals surface area (Å²) in [5.74, 6) is -0.646. The number of hydrogen-bond acceptors (Lipinski definition) is 3. The van der Waals surface area contributed by atoms with Gasteiger partial charge in [0.15, 0.2) is 0 Å². The summed E-state index contributed by atoms with van der Waals surface area (Å²) in [7, 11) is 0. The molecule has 0 amide bonds. The van der Waals surface area contributed by atoms with Crippen LogP contribution < -0.4 is 0 Å². The van der Waals surface area contributed by atoms with Crippen molar-refractivity contribution in [2.45, 2.75) is 4.21 Å². The lowest BCUT2D eigenvalue weighted by molar-refractivity contribution is -0.133. The maximum Gasteiger partial charge on any atom is 0.313 e. The van der Waals surface area contributed by atoms with Crippen LogP contribution in [0.3, 0.4) is 0 Å². The first-order valence-corrected chi connectivity index (χ1v) is 5.38. The quantitative estimate of drug-likeness (QED) is 0.841. The minimum Gasteiger partial charge on any atom is -0.481 e. The molecule has 0 radical (unpaired) electrons. The largest absolute Gasteiger partial charge is 0.481 e. The Balaban J connectivity index is 2.45. The van der Waals surface area contributed by atoms with Gasteiger partial charge in [-0.3, -0.25) is 4.79 Å². The highest BCUT2D eigenvalue weighted by Crippen LogP contribution is 2.30. The van der Waals surface area contributed by atoms with Crippen LogP contribution >= 0.6 is 39.0 Å². The molecule has 0 bridgehead atoms. The van der Waals surface area contributed by atoms with E-state index in [0.717, 1.165) is 8.00 Å². The maximum absolute atomic E-state index is 10.2. The van der Waals surface area contributed by atoms with Crippen LogP contribution in [-0.4, -0.2) is 16.8 Å². The molecule has 1 heterocycles. The Hall–Kier alpha value is -0.0000000000000000833. The summed E-state index contributed by atoms with van der Waals surface area (Å²) in [5.41, 5.74) is 0. The zero-order valence-corrected chi connectivity index (χ0v) is 8.63. The molecule has 0 atom stereocenters. The highest BCUT2D eigenvalue weighted by molar-refractivity contribution is 9.11. The molecule has 60 valence electrons. The van der Waals surface area contributed by atoms with E-state index >= 15 is 0 Å². The van der Waals surface area contributed by atoms with Crippen molar-refractivity contribution in [3.63, 3.8) is 0 Å². The van der Waals surface area contributed by atoms with Gasteiger partial charge in [-0.1, -0.05) is 0 Å². The molecule has 2 nitrogen and oxygen atoms in total. The molecular formula is C6H5BrO2S2. The number of halogens is 1. The third-order valence-electron chi connectivity index (χ3n) is 0.886. The summed E-state index contributed by atoms with van der Waals surface area (Å²) >= 11 is 6.18. The molecule has 0 fully saturated rings. The zero-order valence-electron chi connectivity index (χ0n) is 5.41. The SMILES string of the molecule is O=C(O)CSc1ccc(Br)s1. The van der Waals surface area contributed by atoms with E-state index in [2.05, 4.69) is 15.9 Å². The molecule has 0 aliphatic heterocycles. The zero-order chi connectivity index (χ0) is 8.27. The average Bonchev–Trinajstić information content (AvgIpc) is 2.31. The van der Waals surface area contributed by atoms with Crippen LogP contribution in [0, 0.1) is 0 Å². The first-order valence-electron chi connectivity index (χ1n) is 2.78. The Morgan fingerprint density at radius 3 is 2.91 bits per heavy atom. The summed E-state index contributed by atoms with van der Waals surface area (Å²) in [6.07, 6.45) is 0. The van der Waals surface area contributed by atoms with Crippen LogP contribution in [0.15, 0.2) is 20.1 Å². The molecule has 0 unspecified atom stereocenters. The number of rotatable bonds is 3. The van der Waals surface area contributed by atoms with Crippen molar-refractivity contribution in [3.05, 3.63) is 15.9 Å². The molecule has 1 aromatic heterocycles. The maximum atomic E-state index is 10.2. The molecule has 0 saturated carbocycles. The monoisotopic (exact) mass is 252 g/mol. The Morgan fingerprint density at radius 2 is 2.45 bits per heavy atom. The van der Waals surface area contributed by atoms with E-state index < -0.39 is 5.97 Å². The number of carboxylic acids is 1. The predicted octanol–water partition coefficient (Wildman–Crippen LogP) is 2.69. The van der Waals surface area contributed by atoms with Crippen molar-refractivity contribution in [3.8, 4) is 0 Å². The lowest BCUT2D eigenvalue weighted by atomic mass is 10.7. The lowest BCUT2D eigenvalue weighted by Crippen LogP contribution is -1.96. The molecule has 0 aliphatic carbocycles. The number of carbonyl (C=O) groups is 1. The molecule has 0 spiro atoms. The summed E-state index contributed by atoms with van der Waals surface area (Å²) in [5, 5.41) is 8.35. The normalized spacial score (nSPS) is 9.91. The number of aliphatic carboxylic acids is 1. The van der Waals surface area contributed by atoms with Gasteiger partial charge in [0.05, 0.1) is 13.7 Å². The third kappa shape index (κ3) is 3.27. The van der Waals surface area contributed by atoms with E-state index in [0.29, 0.717) is 0 Å². The minimum atomic E-state index is -0.778. The second-order valence-corrected chi connectivity index (χ2v) is 5.48. The van der Waals surface area contributed by atoms with Crippen molar-refractivity contribution in [2.24, 2.45) is 0 Å². The van der Waals surface area contributed by atoms with Gasteiger partial charge in [0, 0.05) is 0 Å². The summed E-state index contributed by atoms with van der Waals surface area (Å²) in [6.45, 7) is 0. The van der Waals surface area contributed by atoms with Gasteiger partial charge in [-0.05, 0) is 28.1 Å². The molecular weight excluding hydrogens is 248 g/mol. The number of thioether (sulfide) groups is 1. The topological polar surface area (TPSA) is 37.3 Å². The summed E-state index contributed by atoms with van der Waals surface area (Å²) in [6, 6.07) is 3.82. The van der Waals surface area contributed by atoms with Crippen molar-refractivity contribution >= 4 is 45.0 Å². The highest BCUT2D eigenvalue weighted by Gasteiger charge is 2.01. The van der Waals surface area contributed by atoms with Gasteiger partial charge in [-0.2, -0.15) is 0 Å². The highest BCUT2D eigenvalue weighted by atomic mass is 79.9. The van der Waals surface area contributed by atoms with E-state index in [1.54, 1.807) is 11.3 Å². The number of hydrogen-bond donors (Lipinski definition) is 1. The smallest absolute Gasteiger partial charge is 0.313 e. The molecule has 11 heavy (non-hydrogen) atoms. The van der Waals surface area contributed by atoms with E-state index in [9.17, 15) is 4.79 Å². The van der Waals surface area contributed by atoms with E-state index in [-0.39, 0.29) is 5.75 Å². The van der Waals surface area contributed by atoms with Crippen molar-refractivity contribution in [1.82, 2.24) is 0 Å². The number of carboxylic acid groups (broad SMARTS) is 1. The Kier molecular flexibility index (Phi) is 3.42. The Morgan fingerprint density at radius 1 is 1.73 bits per heavy atom. The van der Waals surface area contributed by atoms with Gasteiger partial charge < -0.3 is 5.11 Å². The molecule has 1 rings (SSSR count). The first kappa shape index (κ1) is 9.09. The standard InChI is InChI=1S/C6H5BrO2S2/c7-4-1-2-6(11-4)10-3-5(8)9/h1-2H,3H2,(H,8,9). The van der Waals surface area contributed by atoms with Gasteiger partial charge >= 0.3 is 5.97 Å². The van der Waals surface area contributed by atoms with Crippen LogP contribution in [0.2, 0.25) is 0 Å². The van der Waals surface area contributed by atoms with E-state index in [1.165, 1.54) is 11.8 Å². The number of thiophene rings is 1. The van der Waals surface area contributed by atoms with Crippen LogP contribution in [0.5, 0.6) is 0 Å². The fraction of sp³-hybridized carbons (Fsp3) is 0.167. The summed E-state index contributed by atoms with van der Waals surface area (Å²) < 4.78 is 2.06. The van der Waals surface area contributed by atoms with Gasteiger partial charge in [-0.25, -0.2) is 0 Å². The predicted molar refractivity (Wildman–Crippen MR) is 50.4 cm³/mol. The van der Waals surface area contributed by atoms with Crippen LogP contribution in [0.4, 0.5) is 0 Å². The molecule has 0 aliphatic rings. The Labute approximate surface area is 80.7 Å². The van der Waals surface area contributed by atoms with Crippen LogP contribution in [0.25, 0.3) is 0 Å². The van der Waals surface area contributed by atoms with Gasteiger partial charge in [0.1, 0.15) is 0 Å². The van der Waals surface area contributed by atoms with Gasteiger partial charge in [0.25, 0.3) is 0 Å². The van der Waals surface area contributed by atoms with Crippen molar-refractivity contribution < 1.29 is 9.90 Å². The first-order chi connectivity index (χ1) is 5.18. The second kappa shape index (κ2) is 4.13. The third-order valence-corrected chi connectivity index (χ3v) is 3.72. The van der Waals surface area contributed by atoms with E-state index in [4.69, 9.17) is 5.11 Å². The molecule has 1 N–H and O–H groups in total. The van der Waals surface area contributed by atoms with E-state index in [1.807, 2.05) is 12.1 Å². The Bertz CT molecular complexity index is 259. The van der Waals surface area contributed by atoms with Crippen molar-refractivity contribution in [1.29, 1.82) is 0 Å². The lowest BCUT2D eigenvalue weighted by Gasteiger charge is -1.89. The fourth-order valence-corrected chi connectivity index (χ4v) is 3.06. The molecule has 1 aromatic rings. The van der Waals surface area contributed by atoms with Gasteiger partial charge in [0.2, 0.25) is 0 Å². The van der Waals surface area contributed by atoms with Crippen molar-refractivity contribution in [2.75, 3.05) is 5.75 Å². The molecule has 0 saturated heterocycles. The summed E-state index contributed by atoms with van der Waals surface area (Å²) in [4.78, 5) is 10.2. The molecule has 5 heteroatoms. The minimum absolute atomic E-state index is 0.132. The van der Waals surface area contributed by atoms with Crippen LogP contribution in [0.1, 0.15) is 0 Å². The average molecular weight is 253 g/mol. The molecule has 0 aromatic carbocycles. The second-order valence-electron chi connectivity index (χ2n) is 1.74.